The lowest BCUT2D eigenvalue weighted by Gasteiger charge is -2.29. The highest BCUT2D eigenvalue weighted by molar-refractivity contribution is 7.26. The molecule has 0 radical (unpaired) electrons. The lowest BCUT2D eigenvalue weighted by molar-refractivity contribution is 0.670. The fourth-order valence-corrected chi connectivity index (χ4v) is 11.0. The monoisotopic (exact) mass is 808 g/mol. The molecule has 290 valence electrons. The zero-order valence-corrected chi connectivity index (χ0v) is 34.3. The summed E-state index contributed by atoms with van der Waals surface area (Å²) in [6, 6.07) is 79.3. The highest BCUT2D eigenvalue weighted by atomic mass is 32.1. The summed E-state index contributed by atoms with van der Waals surface area (Å²) in [6.45, 7) is 0. The van der Waals surface area contributed by atoms with Crippen LogP contribution in [0.4, 0.5) is 17.1 Å². The Bertz CT molecular complexity index is 3850. The molecule has 0 unspecified atom stereocenters. The van der Waals surface area contributed by atoms with Crippen LogP contribution in [0, 0.1) is 0 Å². The zero-order valence-electron chi connectivity index (χ0n) is 33.5. The summed E-state index contributed by atoms with van der Waals surface area (Å²) in [5.74, 6) is 0. The first kappa shape index (κ1) is 34.9. The van der Waals surface area contributed by atoms with Gasteiger partial charge in [0.2, 0.25) is 0 Å². The smallest absolute Gasteiger partial charge is 0.143 e. The number of anilines is 3. The second-order valence-electron chi connectivity index (χ2n) is 16.0. The predicted octanol–water partition coefficient (Wildman–Crippen LogP) is 17.0. The molecule has 10 aromatic carbocycles. The van der Waals surface area contributed by atoms with E-state index < -0.39 is 0 Å². The molecule has 0 aliphatic heterocycles. The number of hydrogen-bond donors (Lipinski definition) is 0. The van der Waals surface area contributed by atoms with Crippen LogP contribution in [0.3, 0.4) is 0 Å². The number of rotatable bonds is 6. The van der Waals surface area contributed by atoms with Gasteiger partial charge in [0.1, 0.15) is 11.2 Å². The Morgan fingerprint density at radius 1 is 0.387 bits per heavy atom. The van der Waals surface area contributed by atoms with Gasteiger partial charge in [-0.3, -0.25) is 0 Å². The Kier molecular flexibility index (Phi) is 7.78. The van der Waals surface area contributed by atoms with Crippen LogP contribution in [0.25, 0.3) is 103 Å². The number of nitrogens with zero attached hydrogens (tertiary/aromatic N) is 2. The standard InChI is InChI=1S/C58H36N2OS/c1-2-17-38-34-39(33-32-37(38)16-1)59(51-26-9-5-20-43(51)47-24-15-25-48-45-22-7-13-30-55(45)61-57(47)48)40-35-49(58-50(36-40)46-23-8-14-31-56(46)62-58)44-21-6-12-29-54(44)60-52-27-10-3-18-41(52)42-19-4-11-28-53(42)60/h1-36H. The van der Waals surface area contributed by atoms with Crippen molar-refractivity contribution in [2.24, 2.45) is 0 Å². The Labute approximate surface area is 361 Å². The van der Waals surface area contributed by atoms with E-state index in [0.717, 1.165) is 55.8 Å². The lowest BCUT2D eigenvalue weighted by Crippen LogP contribution is -2.11. The van der Waals surface area contributed by atoms with E-state index in [1.807, 2.05) is 17.4 Å². The van der Waals surface area contributed by atoms with Gasteiger partial charge < -0.3 is 13.9 Å². The Morgan fingerprint density at radius 2 is 1.02 bits per heavy atom. The molecule has 0 amide bonds. The summed E-state index contributed by atoms with van der Waals surface area (Å²) in [5.41, 5.74) is 13.0. The first-order chi connectivity index (χ1) is 30.8. The second kappa shape index (κ2) is 13.8. The molecule has 0 N–H and O–H groups in total. The molecule has 0 aliphatic rings. The summed E-state index contributed by atoms with van der Waals surface area (Å²) < 4.78 is 11.7. The SMILES string of the molecule is c1ccc(N(c2ccc3ccccc3c2)c2cc(-c3ccccc3-n3c4ccccc4c4ccccc43)c3sc4ccccc4c3c2)c(-c2cccc3c2oc2ccccc23)c1. The van der Waals surface area contributed by atoms with Crippen molar-refractivity contribution in [3.63, 3.8) is 0 Å². The third-order valence-electron chi connectivity index (χ3n) is 12.6. The molecular formula is C58H36N2OS. The van der Waals surface area contributed by atoms with Crippen LogP contribution in [-0.4, -0.2) is 4.57 Å². The van der Waals surface area contributed by atoms with Crippen molar-refractivity contribution in [3.05, 3.63) is 218 Å². The predicted molar refractivity (Wildman–Crippen MR) is 264 cm³/mol. The molecule has 3 heterocycles. The maximum Gasteiger partial charge on any atom is 0.143 e. The van der Waals surface area contributed by atoms with Crippen molar-refractivity contribution >= 4 is 103 Å². The van der Waals surface area contributed by atoms with Crippen LogP contribution in [0.15, 0.2) is 223 Å². The minimum absolute atomic E-state index is 0.889. The van der Waals surface area contributed by atoms with Crippen LogP contribution < -0.4 is 4.90 Å². The van der Waals surface area contributed by atoms with Crippen LogP contribution in [-0.2, 0) is 0 Å². The number of aromatic nitrogens is 1. The van der Waals surface area contributed by atoms with Crippen molar-refractivity contribution in [2.75, 3.05) is 4.90 Å². The van der Waals surface area contributed by atoms with Crippen molar-refractivity contribution < 1.29 is 4.42 Å². The van der Waals surface area contributed by atoms with E-state index in [2.05, 4.69) is 222 Å². The molecular weight excluding hydrogens is 773 g/mol. The summed E-state index contributed by atoms with van der Waals surface area (Å²) in [4.78, 5) is 2.46. The van der Waals surface area contributed by atoms with E-state index in [1.165, 1.54) is 63.9 Å². The number of thiophene rings is 1. The number of para-hydroxylation sites is 6. The summed E-state index contributed by atoms with van der Waals surface area (Å²) in [7, 11) is 0. The normalized spacial score (nSPS) is 11.9. The number of fused-ring (bicyclic) bond motifs is 10. The van der Waals surface area contributed by atoms with Gasteiger partial charge in [0.05, 0.1) is 22.4 Å². The largest absolute Gasteiger partial charge is 0.455 e. The molecule has 3 nitrogen and oxygen atoms in total. The first-order valence-corrected chi connectivity index (χ1v) is 21.9. The lowest BCUT2D eigenvalue weighted by atomic mass is 9.97. The Balaban J connectivity index is 1.12. The van der Waals surface area contributed by atoms with Crippen LogP contribution in [0.2, 0.25) is 0 Å². The van der Waals surface area contributed by atoms with Gasteiger partial charge in [-0.25, -0.2) is 0 Å². The van der Waals surface area contributed by atoms with Gasteiger partial charge >= 0.3 is 0 Å². The number of furan rings is 1. The summed E-state index contributed by atoms with van der Waals surface area (Å²) >= 11 is 1.87. The average Bonchev–Trinajstić information content (AvgIpc) is 4.02. The molecule has 0 spiro atoms. The molecule has 13 rings (SSSR count). The van der Waals surface area contributed by atoms with Gasteiger partial charge in [0.25, 0.3) is 0 Å². The fraction of sp³-hybridized carbons (Fsp3) is 0. The van der Waals surface area contributed by atoms with E-state index in [1.54, 1.807) is 0 Å². The van der Waals surface area contributed by atoms with E-state index >= 15 is 0 Å². The zero-order chi connectivity index (χ0) is 40.7. The van der Waals surface area contributed by atoms with E-state index in [9.17, 15) is 0 Å². The molecule has 0 aliphatic carbocycles. The third kappa shape index (κ3) is 5.30. The fourth-order valence-electron chi connectivity index (χ4n) is 9.82. The molecule has 0 bridgehead atoms. The van der Waals surface area contributed by atoms with E-state index in [0.29, 0.717) is 0 Å². The van der Waals surface area contributed by atoms with Crippen molar-refractivity contribution in [1.82, 2.24) is 4.57 Å². The van der Waals surface area contributed by atoms with Gasteiger partial charge in [-0.2, -0.15) is 0 Å². The molecule has 13 aromatic rings. The van der Waals surface area contributed by atoms with Crippen LogP contribution in [0.5, 0.6) is 0 Å². The number of benzene rings is 10. The quantitative estimate of drug-likeness (QED) is 0.167. The van der Waals surface area contributed by atoms with Crippen LogP contribution >= 0.6 is 11.3 Å². The summed E-state index contributed by atoms with van der Waals surface area (Å²) in [5, 5.41) is 9.60. The van der Waals surface area contributed by atoms with Crippen LogP contribution in [0.1, 0.15) is 0 Å². The molecule has 0 saturated heterocycles. The third-order valence-corrected chi connectivity index (χ3v) is 13.8. The molecule has 3 aromatic heterocycles. The van der Waals surface area contributed by atoms with Gasteiger partial charge in [-0.1, -0.05) is 158 Å². The second-order valence-corrected chi connectivity index (χ2v) is 17.1. The van der Waals surface area contributed by atoms with Crippen molar-refractivity contribution in [2.45, 2.75) is 0 Å². The van der Waals surface area contributed by atoms with E-state index in [-0.39, 0.29) is 0 Å². The topological polar surface area (TPSA) is 21.3 Å². The van der Waals surface area contributed by atoms with Gasteiger partial charge in [0.15, 0.2) is 0 Å². The van der Waals surface area contributed by atoms with Crippen molar-refractivity contribution in [1.29, 1.82) is 0 Å². The number of hydrogen-bond acceptors (Lipinski definition) is 3. The van der Waals surface area contributed by atoms with Gasteiger partial charge in [-0.15, -0.1) is 11.3 Å². The van der Waals surface area contributed by atoms with E-state index in [4.69, 9.17) is 4.42 Å². The molecule has 62 heavy (non-hydrogen) atoms. The molecule has 0 fully saturated rings. The maximum atomic E-state index is 6.70. The first-order valence-electron chi connectivity index (χ1n) is 21.1. The minimum atomic E-state index is 0.889. The van der Waals surface area contributed by atoms with Gasteiger partial charge in [0, 0.05) is 75.3 Å². The highest BCUT2D eigenvalue weighted by Gasteiger charge is 2.24. The van der Waals surface area contributed by atoms with Gasteiger partial charge in [-0.05, 0) is 71.4 Å². The molecule has 4 heteroatoms. The Hall–Kier alpha value is -7.92. The Morgan fingerprint density at radius 3 is 1.85 bits per heavy atom. The highest BCUT2D eigenvalue weighted by Crippen LogP contribution is 2.50. The summed E-state index contributed by atoms with van der Waals surface area (Å²) in [6.07, 6.45) is 0. The maximum absolute atomic E-state index is 6.70. The van der Waals surface area contributed by atoms with Crippen molar-refractivity contribution in [3.8, 4) is 27.9 Å². The molecule has 0 saturated carbocycles. The molecule has 0 atom stereocenters. The minimum Gasteiger partial charge on any atom is -0.455 e. The average molecular weight is 809 g/mol.